The van der Waals surface area contributed by atoms with Crippen LogP contribution in [0.15, 0.2) is 83.0 Å². The quantitative estimate of drug-likeness (QED) is 0.105. The Balaban J connectivity index is 0.00000259. The highest BCUT2D eigenvalue weighted by atomic mass is 35.5. The van der Waals surface area contributed by atoms with Crippen molar-refractivity contribution in [2.45, 2.75) is 0 Å². The zero-order valence-corrected chi connectivity index (χ0v) is 18.4. The number of nitrogens with two attached hydrogens (primary N) is 4. The molecule has 2 heterocycles. The summed E-state index contributed by atoms with van der Waals surface area (Å²) in [7, 11) is 0. The van der Waals surface area contributed by atoms with Crippen molar-refractivity contribution < 1.29 is 0 Å². The molecule has 0 unspecified atom stereocenters. The van der Waals surface area contributed by atoms with Gasteiger partial charge in [-0.15, -0.1) is 12.4 Å². The number of benzene rings is 3. The molecule has 9 heteroatoms. The monoisotopic (exact) mass is 458 g/mol. The maximum atomic E-state index is 5.82. The molecule has 0 saturated carbocycles. The van der Waals surface area contributed by atoms with Crippen LogP contribution in [0.5, 0.6) is 0 Å². The molecule has 0 bridgehead atoms. The van der Waals surface area contributed by atoms with Gasteiger partial charge in [-0.25, -0.2) is 0 Å². The van der Waals surface area contributed by atoms with E-state index in [0.717, 1.165) is 55.4 Å². The number of hydrogen-bond acceptors (Lipinski definition) is 4. The first-order chi connectivity index (χ1) is 15.6. The lowest BCUT2D eigenvalue weighted by Crippen LogP contribution is -2.15. The molecule has 166 valence electrons. The number of rotatable bonds is 4. The molecule has 0 aliphatic rings. The summed E-state index contributed by atoms with van der Waals surface area (Å²) in [6.07, 6.45) is 0. The third-order valence-electron chi connectivity index (χ3n) is 5.62. The van der Waals surface area contributed by atoms with E-state index in [9.17, 15) is 0 Å². The van der Waals surface area contributed by atoms with Crippen molar-refractivity contribution in [2.75, 3.05) is 0 Å². The fraction of sp³-hybridized carbons (Fsp3) is 0. The smallest absolute Gasteiger partial charge is 0.150 e. The third-order valence-corrected chi connectivity index (χ3v) is 5.62. The van der Waals surface area contributed by atoms with Gasteiger partial charge in [0.1, 0.15) is 11.7 Å². The molecule has 8 nitrogen and oxygen atoms in total. The first-order valence-electron chi connectivity index (χ1n) is 9.99. The van der Waals surface area contributed by atoms with Gasteiger partial charge in [-0.1, -0.05) is 48.5 Å². The van der Waals surface area contributed by atoms with E-state index in [0.29, 0.717) is 11.7 Å². The lowest BCUT2D eigenvalue weighted by Gasteiger charge is -2.01. The predicted octanol–water partition coefficient (Wildman–Crippen LogP) is 3.56. The van der Waals surface area contributed by atoms with Gasteiger partial charge in [0.05, 0.1) is 0 Å². The second-order valence-corrected chi connectivity index (χ2v) is 7.58. The second kappa shape index (κ2) is 8.60. The number of nitrogens with one attached hydrogen (secondary N) is 2. The van der Waals surface area contributed by atoms with E-state index in [1.54, 1.807) is 0 Å². The van der Waals surface area contributed by atoms with Crippen LogP contribution in [0.1, 0.15) is 11.1 Å². The van der Waals surface area contributed by atoms with Gasteiger partial charge in [-0.3, -0.25) is 0 Å². The largest absolute Gasteiger partial charge is 0.382 e. The Morgan fingerprint density at radius 3 is 1.33 bits per heavy atom. The second-order valence-electron chi connectivity index (χ2n) is 7.58. The van der Waals surface area contributed by atoms with E-state index >= 15 is 0 Å². The van der Waals surface area contributed by atoms with Crippen LogP contribution in [0, 0.1) is 0 Å². The van der Waals surface area contributed by atoms with Crippen molar-refractivity contribution in [3.8, 4) is 22.5 Å². The lowest BCUT2D eigenvalue weighted by molar-refractivity contribution is 1.23. The number of aromatic amines is 2. The Hall–Kier alpha value is -4.43. The molecular weight excluding hydrogens is 436 g/mol. The van der Waals surface area contributed by atoms with Gasteiger partial charge in [0.15, 0.2) is 0 Å². The molecule has 0 atom stereocenters. The highest BCUT2D eigenvalue weighted by Gasteiger charge is 2.09. The molecule has 5 rings (SSSR count). The molecule has 0 radical (unpaired) electrons. The number of fused-ring (bicyclic) bond motifs is 2. The van der Waals surface area contributed by atoms with Gasteiger partial charge < -0.3 is 33.1 Å². The number of nitrogens with zero attached hydrogens (tertiary/aromatic N) is 2. The summed E-state index contributed by atoms with van der Waals surface area (Å²) >= 11 is 0. The summed E-state index contributed by atoms with van der Waals surface area (Å²) in [6.45, 7) is 0. The molecule has 10 N–H and O–H groups in total. The van der Waals surface area contributed by atoms with Crippen molar-refractivity contribution >= 4 is 45.9 Å². The minimum absolute atomic E-state index is 0. The van der Waals surface area contributed by atoms with E-state index in [2.05, 4.69) is 56.6 Å². The van der Waals surface area contributed by atoms with Crippen LogP contribution in [0.4, 0.5) is 0 Å². The zero-order chi connectivity index (χ0) is 22.2. The molecule has 5 aromatic rings. The summed E-state index contributed by atoms with van der Waals surface area (Å²) in [5.41, 5.74) is 19.4. The average molecular weight is 459 g/mol. The van der Waals surface area contributed by atoms with E-state index < -0.39 is 0 Å². The molecule has 3 aromatic carbocycles. The Morgan fingerprint density at radius 2 is 0.970 bits per heavy atom. The van der Waals surface area contributed by atoms with E-state index in [1.165, 1.54) is 0 Å². The van der Waals surface area contributed by atoms with E-state index in [1.807, 2.05) is 36.4 Å². The Morgan fingerprint density at radius 1 is 0.576 bits per heavy atom. The van der Waals surface area contributed by atoms with E-state index in [4.69, 9.17) is 23.2 Å². The minimum atomic E-state index is 0. The van der Waals surface area contributed by atoms with Crippen LogP contribution in [-0.2, 0) is 0 Å². The molecule has 33 heavy (non-hydrogen) atoms. The Kier molecular flexibility index (Phi) is 5.68. The summed E-state index contributed by atoms with van der Waals surface area (Å²) in [5, 5.41) is 9.30. The van der Waals surface area contributed by atoms with Crippen LogP contribution in [0.3, 0.4) is 0 Å². The summed E-state index contributed by atoms with van der Waals surface area (Å²) in [4.78, 5) is 6.88. The molecule has 0 aliphatic carbocycles. The van der Waals surface area contributed by atoms with Crippen molar-refractivity contribution in [1.82, 2.24) is 9.97 Å². The van der Waals surface area contributed by atoms with Crippen molar-refractivity contribution in [3.05, 3.63) is 83.9 Å². The Bertz CT molecular complexity index is 1390. The van der Waals surface area contributed by atoms with Crippen LogP contribution >= 0.6 is 12.4 Å². The predicted molar refractivity (Wildman–Crippen MR) is 138 cm³/mol. The lowest BCUT2D eigenvalue weighted by atomic mass is 10.1. The molecule has 2 aromatic heterocycles. The van der Waals surface area contributed by atoms with Crippen LogP contribution < -0.4 is 23.2 Å². The normalized spacial score (nSPS) is 12.2. The van der Waals surface area contributed by atoms with Crippen molar-refractivity contribution in [1.29, 1.82) is 0 Å². The molecule has 0 fully saturated rings. The summed E-state index contributed by atoms with van der Waals surface area (Å²) in [5.74, 6) is 11.2. The van der Waals surface area contributed by atoms with Gasteiger partial charge in [0.2, 0.25) is 0 Å². The van der Waals surface area contributed by atoms with Crippen LogP contribution in [0.2, 0.25) is 0 Å². The fourth-order valence-electron chi connectivity index (χ4n) is 3.86. The number of halogens is 1. The van der Waals surface area contributed by atoms with Gasteiger partial charge in [-0.2, -0.15) is 10.2 Å². The zero-order valence-electron chi connectivity index (χ0n) is 17.5. The maximum absolute atomic E-state index is 5.82. The number of amidine groups is 2. The summed E-state index contributed by atoms with van der Waals surface area (Å²) < 4.78 is 0. The van der Waals surface area contributed by atoms with Gasteiger partial charge in [0, 0.05) is 44.3 Å². The molecule has 0 saturated heterocycles. The molecular formula is C24H23ClN8. The van der Waals surface area contributed by atoms with E-state index in [-0.39, 0.29) is 12.4 Å². The van der Waals surface area contributed by atoms with Crippen LogP contribution in [-0.4, -0.2) is 21.6 Å². The highest BCUT2D eigenvalue weighted by Crippen LogP contribution is 2.29. The van der Waals surface area contributed by atoms with Gasteiger partial charge >= 0.3 is 0 Å². The SMILES string of the molecule is Cl.N/N=C(/N)c1ccc2cc(-c3ccc(-c4cc5ccc(/C(N)=N\N)cc5[nH]4)cc3)[nH]c2c1. The van der Waals surface area contributed by atoms with Gasteiger partial charge in [-0.05, 0) is 35.4 Å². The molecule has 0 aliphatic heterocycles. The number of aromatic nitrogens is 2. The number of hydrogen-bond donors (Lipinski definition) is 6. The number of hydrazone groups is 2. The fourth-order valence-corrected chi connectivity index (χ4v) is 3.86. The number of H-pyrrole nitrogens is 2. The Labute approximate surface area is 195 Å². The maximum Gasteiger partial charge on any atom is 0.150 e. The minimum Gasteiger partial charge on any atom is -0.382 e. The summed E-state index contributed by atoms with van der Waals surface area (Å²) in [6, 6.07) is 24.3. The van der Waals surface area contributed by atoms with Crippen molar-refractivity contribution in [3.63, 3.8) is 0 Å². The molecule has 0 spiro atoms. The third kappa shape index (κ3) is 3.95. The highest BCUT2D eigenvalue weighted by molar-refractivity contribution is 6.02. The first kappa shape index (κ1) is 21.8. The van der Waals surface area contributed by atoms with Crippen molar-refractivity contribution in [2.24, 2.45) is 33.4 Å². The molecule has 0 amide bonds. The average Bonchev–Trinajstić information content (AvgIpc) is 3.46. The topological polar surface area (TPSA) is 160 Å². The standard InChI is InChI=1S/C24H22N8.ClH/c25-23(31-27)17-7-5-15-9-19(29-21(15)11-17)13-1-2-14(4-3-13)20-10-16-6-8-18(24(26)32-28)12-22(16)30-20;/h1-12,29-30H,27-28H2,(H2,25,31)(H2,26,32);1H. The van der Waals surface area contributed by atoms with Crippen LogP contribution in [0.25, 0.3) is 44.3 Å². The van der Waals surface area contributed by atoms with Gasteiger partial charge in [0.25, 0.3) is 0 Å². The first-order valence-corrected chi connectivity index (χ1v) is 9.99.